The van der Waals surface area contributed by atoms with Gasteiger partial charge in [0.2, 0.25) is 0 Å². The zero-order chi connectivity index (χ0) is 5.98. The number of rotatable bonds is 0. The van der Waals surface area contributed by atoms with Gasteiger partial charge in [-0.15, -0.1) is 12.6 Å². The van der Waals surface area contributed by atoms with Gasteiger partial charge in [-0.25, -0.2) is 0 Å². The minimum absolute atomic E-state index is 0.840. The van der Waals surface area contributed by atoms with Gasteiger partial charge in [-0.3, -0.25) is 4.98 Å². The van der Waals surface area contributed by atoms with Crippen LogP contribution in [0.15, 0.2) is 23.4 Å². The SMILES string of the molecule is [CH2]c1ccncc1S. The average molecular weight is 124 g/mol. The molecule has 0 spiro atoms. The predicted octanol–water partition coefficient (Wildman–Crippen LogP) is 1.55. The van der Waals surface area contributed by atoms with Crippen molar-refractivity contribution in [3.8, 4) is 0 Å². The standard InChI is InChI=1S/C6H6NS/c1-5-2-3-7-4-6(5)8/h2-4,8H,1H2. The summed E-state index contributed by atoms with van der Waals surface area (Å²) in [6.45, 7) is 3.70. The van der Waals surface area contributed by atoms with Gasteiger partial charge >= 0.3 is 0 Å². The van der Waals surface area contributed by atoms with Crippen molar-refractivity contribution in [3.63, 3.8) is 0 Å². The Morgan fingerprint density at radius 3 is 2.75 bits per heavy atom. The topological polar surface area (TPSA) is 12.9 Å². The van der Waals surface area contributed by atoms with Crippen LogP contribution in [0.1, 0.15) is 5.56 Å². The Morgan fingerprint density at radius 2 is 2.38 bits per heavy atom. The first-order valence-corrected chi connectivity index (χ1v) is 2.70. The molecule has 0 fully saturated rings. The molecule has 1 aromatic heterocycles. The van der Waals surface area contributed by atoms with Crippen LogP contribution in [0.3, 0.4) is 0 Å². The minimum Gasteiger partial charge on any atom is -0.264 e. The summed E-state index contributed by atoms with van der Waals surface area (Å²) >= 11 is 4.07. The van der Waals surface area contributed by atoms with E-state index in [1.807, 2.05) is 6.07 Å². The van der Waals surface area contributed by atoms with Crippen LogP contribution in [0.5, 0.6) is 0 Å². The van der Waals surface area contributed by atoms with E-state index in [0.29, 0.717) is 0 Å². The molecule has 0 amide bonds. The molecule has 1 aromatic rings. The smallest absolute Gasteiger partial charge is 0.0404 e. The number of thiol groups is 1. The molecule has 41 valence electrons. The molecule has 0 bridgehead atoms. The van der Waals surface area contributed by atoms with Gasteiger partial charge in [0.15, 0.2) is 0 Å². The fourth-order valence-corrected chi connectivity index (χ4v) is 0.556. The number of aromatic nitrogens is 1. The summed E-state index contributed by atoms with van der Waals surface area (Å²) in [4.78, 5) is 4.67. The Labute approximate surface area is 54.2 Å². The van der Waals surface area contributed by atoms with Crippen LogP contribution in [0.2, 0.25) is 0 Å². The van der Waals surface area contributed by atoms with E-state index >= 15 is 0 Å². The third kappa shape index (κ3) is 1.01. The van der Waals surface area contributed by atoms with Crippen molar-refractivity contribution in [2.24, 2.45) is 0 Å². The molecule has 0 aliphatic carbocycles. The summed E-state index contributed by atoms with van der Waals surface area (Å²) in [6.07, 6.45) is 3.37. The highest BCUT2D eigenvalue weighted by Gasteiger charge is 1.86. The van der Waals surface area contributed by atoms with Gasteiger partial charge in [-0.05, 0) is 18.6 Å². The normalized spacial score (nSPS) is 9.25. The van der Waals surface area contributed by atoms with Crippen LogP contribution < -0.4 is 0 Å². The minimum atomic E-state index is 0.840. The molecule has 1 nitrogen and oxygen atoms in total. The van der Waals surface area contributed by atoms with E-state index in [9.17, 15) is 0 Å². The second-order valence-corrected chi connectivity index (χ2v) is 1.99. The van der Waals surface area contributed by atoms with Crippen molar-refractivity contribution in [3.05, 3.63) is 30.9 Å². The molecule has 0 aromatic carbocycles. The van der Waals surface area contributed by atoms with Crippen LogP contribution in [0.4, 0.5) is 0 Å². The molecule has 0 saturated heterocycles. The summed E-state index contributed by atoms with van der Waals surface area (Å²) in [5.74, 6) is 0. The van der Waals surface area contributed by atoms with Gasteiger partial charge in [0.25, 0.3) is 0 Å². The number of hydrogen-bond donors (Lipinski definition) is 1. The number of nitrogens with zero attached hydrogens (tertiary/aromatic N) is 1. The van der Waals surface area contributed by atoms with E-state index in [4.69, 9.17) is 0 Å². The first-order chi connectivity index (χ1) is 3.80. The van der Waals surface area contributed by atoms with Crippen molar-refractivity contribution in [1.82, 2.24) is 4.98 Å². The van der Waals surface area contributed by atoms with Crippen molar-refractivity contribution < 1.29 is 0 Å². The summed E-state index contributed by atoms with van der Waals surface area (Å²) in [5.41, 5.74) is 0.920. The van der Waals surface area contributed by atoms with E-state index in [2.05, 4.69) is 24.5 Å². The van der Waals surface area contributed by atoms with Gasteiger partial charge in [0, 0.05) is 17.3 Å². The van der Waals surface area contributed by atoms with Gasteiger partial charge in [-0.2, -0.15) is 0 Å². The molecule has 0 aliphatic heterocycles. The first-order valence-electron chi connectivity index (χ1n) is 2.25. The van der Waals surface area contributed by atoms with E-state index in [1.165, 1.54) is 0 Å². The zero-order valence-corrected chi connectivity index (χ0v) is 5.23. The van der Waals surface area contributed by atoms with E-state index in [1.54, 1.807) is 12.4 Å². The third-order valence-corrected chi connectivity index (χ3v) is 1.29. The molecule has 0 atom stereocenters. The maximum Gasteiger partial charge on any atom is 0.0404 e. The predicted molar refractivity (Wildman–Crippen MR) is 35.9 cm³/mol. The largest absolute Gasteiger partial charge is 0.264 e. The Bertz CT molecular complexity index is 165. The van der Waals surface area contributed by atoms with E-state index in [0.717, 1.165) is 10.5 Å². The summed E-state index contributed by atoms with van der Waals surface area (Å²) in [6, 6.07) is 1.82. The summed E-state index contributed by atoms with van der Waals surface area (Å²) in [5, 5.41) is 0. The quantitative estimate of drug-likeness (QED) is 0.518. The maximum atomic E-state index is 4.07. The van der Waals surface area contributed by atoms with Crippen LogP contribution in [0.25, 0.3) is 0 Å². The highest BCUT2D eigenvalue weighted by atomic mass is 32.1. The van der Waals surface area contributed by atoms with Crippen LogP contribution in [0, 0.1) is 6.92 Å². The van der Waals surface area contributed by atoms with Gasteiger partial charge < -0.3 is 0 Å². The average Bonchev–Trinajstić information content (AvgIpc) is 1.77. The highest BCUT2D eigenvalue weighted by Crippen LogP contribution is 2.07. The lowest BCUT2D eigenvalue weighted by molar-refractivity contribution is 1.22. The molecule has 8 heavy (non-hydrogen) atoms. The highest BCUT2D eigenvalue weighted by molar-refractivity contribution is 7.80. The summed E-state index contributed by atoms with van der Waals surface area (Å²) < 4.78 is 0. The van der Waals surface area contributed by atoms with Crippen LogP contribution in [-0.4, -0.2) is 4.98 Å². The molecule has 0 aliphatic rings. The molecule has 0 saturated carbocycles. The molecule has 0 unspecified atom stereocenters. The van der Waals surface area contributed by atoms with Crippen LogP contribution >= 0.6 is 12.6 Å². The molecule has 0 N–H and O–H groups in total. The lowest BCUT2D eigenvalue weighted by atomic mass is 10.3. The Balaban J connectivity index is 3.13. The summed E-state index contributed by atoms with van der Waals surface area (Å²) in [7, 11) is 0. The van der Waals surface area contributed by atoms with E-state index in [-0.39, 0.29) is 0 Å². The van der Waals surface area contributed by atoms with Crippen LogP contribution in [-0.2, 0) is 0 Å². The lowest BCUT2D eigenvalue weighted by Crippen LogP contribution is -1.75. The van der Waals surface area contributed by atoms with E-state index < -0.39 is 0 Å². The van der Waals surface area contributed by atoms with Crippen molar-refractivity contribution in [2.75, 3.05) is 0 Å². The molecule has 1 radical (unpaired) electrons. The molecule has 1 rings (SSSR count). The molecular weight excluding hydrogens is 118 g/mol. The van der Waals surface area contributed by atoms with Crippen molar-refractivity contribution in [1.29, 1.82) is 0 Å². The number of pyridine rings is 1. The van der Waals surface area contributed by atoms with Gasteiger partial charge in [-0.1, -0.05) is 0 Å². The third-order valence-electron chi connectivity index (χ3n) is 0.888. The zero-order valence-electron chi connectivity index (χ0n) is 4.33. The maximum absolute atomic E-state index is 4.07. The monoisotopic (exact) mass is 124 g/mol. The van der Waals surface area contributed by atoms with Gasteiger partial charge in [0.1, 0.15) is 0 Å². The second kappa shape index (κ2) is 2.18. The first kappa shape index (κ1) is 5.63. The molecule has 1 heterocycles. The lowest BCUT2D eigenvalue weighted by Gasteiger charge is -1.91. The van der Waals surface area contributed by atoms with Gasteiger partial charge in [0.05, 0.1) is 0 Å². The number of hydrogen-bond acceptors (Lipinski definition) is 2. The van der Waals surface area contributed by atoms with Crippen molar-refractivity contribution in [2.45, 2.75) is 4.90 Å². The Hall–Kier alpha value is -0.500. The Kier molecular flexibility index (Phi) is 1.53. The molecule has 2 heteroatoms. The van der Waals surface area contributed by atoms with Crippen molar-refractivity contribution >= 4 is 12.6 Å². The fourth-order valence-electron chi connectivity index (χ4n) is 0.415. The Morgan fingerprint density at radius 1 is 1.62 bits per heavy atom. The fraction of sp³-hybridized carbons (Fsp3) is 0. The molecular formula is C6H6NS. The second-order valence-electron chi connectivity index (χ2n) is 1.50.